The topological polar surface area (TPSA) is 478 Å². The van der Waals surface area contributed by atoms with Crippen molar-refractivity contribution < 1.29 is 99.3 Å². The Morgan fingerprint density at radius 1 is 0.245 bits per heavy atom. The van der Waals surface area contributed by atoms with Crippen LogP contribution in [0.15, 0.2) is 383 Å². The van der Waals surface area contributed by atoms with Gasteiger partial charge in [-0.3, -0.25) is 4.55 Å². The van der Waals surface area contributed by atoms with Crippen LogP contribution in [0.3, 0.4) is 0 Å². The summed E-state index contributed by atoms with van der Waals surface area (Å²) in [5.74, 6) is 5.34. The maximum atomic E-state index is 11.8. The molecule has 724 valence electrons. The van der Waals surface area contributed by atoms with Crippen molar-refractivity contribution in [1.82, 2.24) is 74.8 Å². The number of carboxylic acid groups (broad SMARTS) is 1. The van der Waals surface area contributed by atoms with Crippen molar-refractivity contribution in [2.24, 2.45) is 0 Å². The molecule has 7 N–H and O–H groups in total. The molecule has 0 spiro atoms. The number of nitrogens with zero attached hydrogens (tertiary/aromatic N) is 15. The number of rotatable bonds is 19. The summed E-state index contributed by atoms with van der Waals surface area (Å²) in [4.78, 5) is 79.1. The van der Waals surface area contributed by atoms with E-state index < -0.39 is 36.0 Å². The molecule has 15 aromatic carbocycles. The zero-order valence-electron chi connectivity index (χ0n) is 79.3. The first-order valence-electron chi connectivity index (χ1n) is 44.7. The second-order valence-corrected chi connectivity index (χ2v) is 38.9. The van der Waals surface area contributed by atoms with E-state index >= 15 is 0 Å². The molecule has 30 nitrogen and oxygen atoms in total. The molecule has 20 aromatic rings. The number of aromatic nitrogens is 15. The van der Waals surface area contributed by atoms with Crippen molar-refractivity contribution in [3.63, 3.8) is 0 Å². The second-order valence-electron chi connectivity index (χ2n) is 33.1. The molecule has 0 radical (unpaired) electrons. The number of benzene rings is 15. The molecular formula is C112H85BrN15NaO15S3. The number of halogens is 1. The Hall–Kier alpha value is -16.9. The summed E-state index contributed by atoms with van der Waals surface area (Å²) in [5.41, 5.74) is 14.5. The summed E-state index contributed by atoms with van der Waals surface area (Å²) in [6.07, 6.45) is 1.16. The Labute approximate surface area is 875 Å². The number of aryl methyl sites for hydroxylation is 5. The Morgan fingerprint density at radius 2 is 0.422 bits per heavy atom. The summed E-state index contributed by atoms with van der Waals surface area (Å²) < 4.78 is 89.9. The number of hydrogen-bond donors (Lipinski definition) is 7. The van der Waals surface area contributed by atoms with Crippen molar-refractivity contribution in [2.45, 2.75) is 49.3 Å². The molecule has 0 aliphatic rings. The zero-order chi connectivity index (χ0) is 103. The summed E-state index contributed by atoms with van der Waals surface area (Å²) in [6, 6.07) is 105. The minimum absolute atomic E-state index is 0. The van der Waals surface area contributed by atoms with Gasteiger partial charge in [0, 0.05) is 66.4 Å². The summed E-state index contributed by atoms with van der Waals surface area (Å²) in [7, 11) is -12.1. The molecule has 0 aliphatic carbocycles. The van der Waals surface area contributed by atoms with E-state index in [1.54, 1.807) is 78.9 Å². The van der Waals surface area contributed by atoms with E-state index in [-0.39, 0.29) is 96.0 Å². The molecule has 5 heterocycles. The van der Waals surface area contributed by atoms with Crippen molar-refractivity contribution in [1.29, 1.82) is 0 Å². The van der Waals surface area contributed by atoms with Gasteiger partial charge in [0.05, 0.1) is 48.1 Å². The van der Waals surface area contributed by atoms with Gasteiger partial charge in [-0.2, -0.15) is 8.42 Å². The number of phenolic OH excluding ortho intramolecular Hbond substituents is 5. The fourth-order valence-electron chi connectivity index (χ4n) is 14.6. The number of aromatic carboxylic acids is 1. The normalized spacial score (nSPS) is 11.1. The van der Waals surface area contributed by atoms with Crippen LogP contribution in [0.4, 0.5) is 0 Å². The van der Waals surface area contributed by atoms with Gasteiger partial charge in [-0.15, -0.1) is 0 Å². The third kappa shape index (κ3) is 26.6. The maximum absolute atomic E-state index is 11.8. The number of carboxylic acids is 1. The van der Waals surface area contributed by atoms with E-state index in [2.05, 4.69) is 90.7 Å². The van der Waals surface area contributed by atoms with Gasteiger partial charge in [-0.25, -0.2) is 96.4 Å². The van der Waals surface area contributed by atoms with Crippen LogP contribution >= 0.6 is 15.9 Å². The summed E-state index contributed by atoms with van der Waals surface area (Å²) in [6.45, 7) is 9.44. The Morgan fingerprint density at radius 3 is 0.605 bits per heavy atom. The Kier molecular flexibility index (Phi) is 32.8. The molecule has 5 aromatic heterocycles. The number of sulfone groups is 1. The molecule has 0 amide bonds. The van der Waals surface area contributed by atoms with Crippen LogP contribution in [0.25, 0.3) is 171 Å². The standard InChI is InChI=1S/C23H19N3O3S.C23H17N3O3.C22H16BrN3O.2C22H17N3O4S.Na/c1-15-8-13-19(20(27)14-15)23-25-21(16-6-4-3-5-7-16)24-22(26-23)17-9-11-18(12-10-17)30(2,28)29;1-14-7-12-18(19(27)13-14)22-25-20(15-5-3-2-4-6-15)24-21(26-22)16-8-10-17(11-9-16)23(28)29;1-14-7-12-18(19(27)13-14)22-25-20(15-5-3-2-4-6-15)24-21(26-22)16-8-10-17(23)11-9-16;2*1-14-7-12-18(19(26)13-14)22-24-20(15-5-3-2-4-6-15)23-21(25-22)16-8-10-17(11-9-16)30(27,28)29;/h3-14,27H,1-2H3;2-13,27H,1H3,(H,28,29);2-13,27H,1H3;2*2-13,26H,1H3,(H,27,28,29);/q;;;;;+1/p-1. The Bertz CT molecular complexity index is 8090. The van der Waals surface area contributed by atoms with Gasteiger partial charge in [0.2, 0.25) is 0 Å². The number of carbonyl (C=O) groups is 1. The van der Waals surface area contributed by atoms with E-state index in [0.29, 0.717) is 120 Å². The molecule has 20 rings (SSSR count). The van der Waals surface area contributed by atoms with E-state index in [1.165, 1.54) is 72.8 Å². The van der Waals surface area contributed by atoms with E-state index in [9.17, 15) is 64.7 Å². The van der Waals surface area contributed by atoms with Crippen molar-refractivity contribution in [2.75, 3.05) is 6.26 Å². The van der Waals surface area contributed by atoms with Crippen LogP contribution in [-0.4, -0.2) is 152 Å². The largest absolute Gasteiger partial charge is 1.00 e. The minimum atomic E-state index is -4.55. The molecule has 0 atom stereocenters. The van der Waals surface area contributed by atoms with Gasteiger partial charge < -0.3 is 35.2 Å². The third-order valence-electron chi connectivity index (χ3n) is 22.2. The molecule has 0 aliphatic heterocycles. The van der Waals surface area contributed by atoms with E-state index in [0.717, 1.165) is 71.9 Å². The van der Waals surface area contributed by atoms with Gasteiger partial charge in [0.1, 0.15) is 38.9 Å². The maximum Gasteiger partial charge on any atom is 1.00 e. The predicted molar refractivity (Wildman–Crippen MR) is 558 cm³/mol. The molecule has 0 fully saturated rings. The van der Waals surface area contributed by atoms with Crippen molar-refractivity contribution in [3.8, 4) is 200 Å². The number of phenols is 5. The Balaban J connectivity index is 0.000000138. The summed E-state index contributed by atoms with van der Waals surface area (Å²) in [5, 5.41) is 61.1. The number of hydrogen-bond acceptors (Lipinski definition) is 28. The van der Waals surface area contributed by atoms with Gasteiger partial charge >= 0.3 is 35.5 Å². The smallest absolute Gasteiger partial charge is 0.744 e. The monoisotopic (exact) mass is 2080 g/mol. The first kappa shape index (κ1) is 104. The molecule has 147 heavy (non-hydrogen) atoms. The van der Waals surface area contributed by atoms with E-state index in [1.807, 2.05) is 247 Å². The average Bonchev–Trinajstić information content (AvgIpc) is 0.803. The van der Waals surface area contributed by atoms with E-state index in [4.69, 9.17) is 5.11 Å². The van der Waals surface area contributed by atoms with Crippen LogP contribution in [0, 0.1) is 34.6 Å². The predicted octanol–water partition coefficient (Wildman–Crippen LogP) is 19.5. The molecule has 0 saturated carbocycles. The fraction of sp³-hybridized carbons (Fsp3) is 0.0536. The molecule has 0 bridgehead atoms. The first-order chi connectivity index (χ1) is 70.0. The van der Waals surface area contributed by atoms with Gasteiger partial charge in [-0.1, -0.05) is 222 Å². The molecule has 35 heteroatoms. The molecular weight excluding hydrogens is 1990 g/mol. The zero-order valence-corrected chi connectivity index (χ0v) is 85.4. The van der Waals surface area contributed by atoms with Crippen LogP contribution in [0.1, 0.15) is 38.2 Å². The second kappa shape index (κ2) is 46.2. The summed E-state index contributed by atoms with van der Waals surface area (Å²) >= 11 is 3.45. The van der Waals surface area contributed by atoms with Crippen LogP contribution in [0.5, 0.6) is 28.7 Å². The van der Waals surface area contributed by atoms with Gasteiger partial charge in [0.25, 0.3) is 10.1 Å². The quantitative estimate of drug-likeness (QED) is 0.0292. The fourth-order valence-corrected chi connectivity index (χ4v) is 16.5. The molecule has 0 unspecified atom stereocenters. The minimum Gasteiger partial charge on any atom is -0.744 e. The van der Waals surface area contributed by atoms with Gasteiger partial charge in [-0.05, 0) is 220 Å². The van der Waals surface area contributed by atoms with Crippen LogP contribution < -0.4 is 29.6 Å². The van der Waals surface area contributed by atoms with Crippen LogP contribution in [0.2, 0.25) is 0 Å². The van der Waals surface area contributed by atoms with Crippen molar-refractivity contribution >= 4 is 52.0 Å². The van der Waals surface area contributed by atoms with Crippen molar-refractivity contribution in [3.05, 3.63) is 402 Å². The SMILES string of the molecule is Cc1ccc(-c2nc(-c3ccccc3)nc(-c3ccc(Br)cc3)n2)c(O)c1.Cc1ccc(-c2nc(-c3ccccc3)nc(-c3ccc(C(=O)O)cc3)n2)c(O)c1.Cc1ccc(-c2nc(-c3ccccc3)nc(-c3ccc(S(=O)(=O)O)cc3)n2)c(O)c1.Cc1ccc(-c2nc(-c3ccccc3)nc(-c3ccc(S(=O)(=O)[O-])cc3)n2)c(O)c1.Cc1ccc(-c2nc(-c3ccccc3)nc(-c3ccc(S(C)(=O)=O)cc3)n2)c(O)c1.[Na+]. The first-order valence-corrected chi connectivity index (χ1v) is 50.2. The number of aromatic hydroxyl groups is 5. The van der Waals surface area contributed by atoms with Crippen LogP contribution in [-0.2, 0) is 30.1 Å². The third-order valence-corrected chi connectivity index (χ3v) is 25.5. The molecule has 0 saturated heterocycles. The van der Waals surface area contributed by atoms with Gasteiger partial charge in [0.15, 0.2) is 97.2 Å². The average molecular weight is 2080 g/mol.